The van der Waals surface area contributed by atoms with Gasteiger partial charge in [0.15, 0.2) is 11.5 Å². The number of benzene rings is 1. The Labute approximate surface area is 135 Å². The molecule has 1 aliphatic heterocycles. The predicted octanol–water partition coefficient (Wildman–Crippen LogP) is 4.23. The van der Waals surface area contributed by atoms with Crippen LogP contribution >= 0.6 is 38.9 Å². The zero-order chi connectivity index (χ0) is 13.9. The van der Waals surface area contributed by atoms with Gasteiger partial charge in [0.1, 0.15) is 0 Å². The Bertz CT molecular complexity index is 617. The van der Waals surface area contributed by atoms with Gasteiger partial charge >= 0.3 is 0 Å². The summed E-state index contributed by atoms with van der Waals surface area (Å²) in [5.41, 5.74) is 1.10. The van der Waals surface area contributed by atoms with Crippen molar-refractivity contribution in [3.63, 3.8) is 0 Å². The lowest BCUT2D eigenvalue weighted by atomic mass is 10.2. The molecule has 0 bridgehead atoms. The van der Waals surface area contributed by atoms with Crippen molar-refractivity contribution >= 4 is 38.9 Å². The summed E-state index contributed by atoms with van der Waals surface area (Å²) < 4.78 is 11.8. The van der Waals surface area contributed by atoms with Gasteiger partial charge in [0.2, 0.25) is 6.79 Å². The summed E-state index contributed by atoms with van der Waals surface area (Å²) >= 11 is 11.4. The molecule has 1 aromatic carbocycles. The molecule has 0 amide bonds. The Morgan fingerprint density at radius 2 is 2.20 bits per heavy atom. The van der Waals surface area contributed by atoms with E-state index in [1.165, 1.54) is 8.66 Å². The van der Waals surface area contributed by atoms with E-state index in [0.29, 0.717) is 10.8 Å². The minimum Gasteiger partial charge on any atom is -0.454 e. The van der Waals surface area contributed by atoms with Gasteiger partial charge in [-0.25, -0.2) is 0 Å². The molecule has 0 radical (unpaired) electrons. The first-order chi connectivity index (χ1) is 9.72. The van der Waals surface area contributed by atoms with Crippen molar-refractivity contribution in [2.75, 3.05) is 13.3 Å². The third-order valence-corrected chi connectivity index (χ3v) is 4.96. The minimum atomic E-state index is 0.249. The zero-order valence-corrected chi connectivity index (χ0v) is 13.8. The summed E-state index contributed by atoms with van der Waals surface area (Å²) in [6, 6.07) is 8.12. The van der Waals surface area contributed by atoms with Crippen molar-refractivity contribution in [3.05, 3.63) is 43.5 Å². The van der Waals surface area contributed by atoms with E-state index >= 15 is 0 Å². The van der Waals surface area contributed by atoms with Crippen LogP contribution in [0.5, 0.6) is 11.5 Å². The SMILES string of the molecule is Clc1cc(CNCCc2ccc(Br)s2)cc2c1OCO2. The molecular formula is C14H13BrClNO2S. The number of rotatable bonds is 5. The standard InChI is InChI=1S/C14H13BrClNO2S/c15-13-2-1-10(20-13)3-4-17-7-9-5-11(16)14-12(6-9)18-8-19-14/h1-2,5-6,17H,3-4,7-8H2. The predicted molar refractivity (Wildman–Crippen MR) is 85.0 cm³/mol. The van der Waals surface area contributed by atoms with Gasteiger partial charge in [-0.05, 0) is 52.2 Å². The first kappa shape index (κ1) is 14.2. The van der Waals surface area contributed by atoms with E-state index in [4.69, 9.17) is 21.1 Å². The summed E-state index contributed by atoms with van der Waals surface area (Å²) in [7, 11) is 0. The molecule has 1 N–H and O–H groups in total. The molecule has 20 heavy (non-hydrogen) atoms. The molecule has 0 fully saturated rings. The fraction of sp³-hybridized carbons (Fsp3) is 0.286. The number of nitrogens with one attached hydrogen (secondary N) is 1. The number of fused-ring (bicyclic) bond motifs is 1. The summed E-state index contributed by atoms with van der Waals surface area (Å²) in [6.07, 6.45) is 1.02. The van der Waals surface area contributed by atoms with Gasteiger partial charge in [-0.15, -0.1) is 11.3 Å². The van der Waals surface area contributed by atoms with Crippen LogP contribution in [0.15, 0.2) is 28.1 Å². The topological polar surface area (TPSA) is 30.5 Å². The molecule has 3 rings (SSSR count). The van der Waals surface area contributed by atoms with E-state index < -0.39 is 0 Å². The maximum absolute atomic E-state index is 6.15. The molecular weight excluding hydrogens is 362 g/mol. The van der Waals surface area contributed by atoms with Crippen molar-refractivity contribution in [1.82, 2.24) is 5.32 Å². The number of thiophene rings is 1. The molecule has 2 heterocycles. The Hall–Kier alpha value is -0.750. The number of ether oxygens (including phenoxy) is 2. The van der Waals surface area contributed by atoms with Crippen LogP contribution in [0.3, 0.4) is 0 Å². The molecule has 0 saturated carbocycles. The van der Waals surface area contributed by atoms with E-state index in [0.717, 1.165) is 30.8 Å². The third-order valence-electron chi connectivity index (χ3n) is 2.99. The van der Waals surface area contributed by atoms with Gasteiger partial charge in [-0.3, -0.25) is 0 Å². The Morgan fingerprint density at radius 1 is 1.30 bits per heavy atom. The lowest BCUT2D eigenvalue weighted by Gasteiger charge is -2.06. The van der Waals surface area contributed by atoms with Crippen molar-refractivity contribution in [2.24, 2.45) is 0 Å². The number of halogens is 2. The largest absolute Gasteiger partial charge is 0.454 e. The quantitative estimate of drug-likeness (QED) is 0.795. The molecule has 2 aromatic rings. The summed E-state index contributed by atoms with van der Waals surface area (Å²) in [5, 5.41) is 4.02. The zero-order valence-electron chi connectivity index (χ0n) is 10.6. The minimum absolute atomic E-state index is 0.249. The van der Waals surface area contributed by atoms with Gasteiger partial charge < -0.3 is 14.8 Å². The van der Waals surface area contributed by atoms with Gasteiger partial charge in [0.25, 0.3) is 0 Å². The van der Waals surface area contributed by atoms with E-state index in [2.05, 4.69) is 33.4 Å². The molecule has 1 aromatic heterocycles. The highest BCUT2D eigenvalue weighted by Crippen LogP contribution is 2.39. The maximum atomic E-state index is 6.15. The lowest BCUT2D eigenvalue weighted by molar-refractivity contribution is 0.174. The van der Waals surface area contributed by atoms with Crippen molar-refractivity contribution < 1.29 is 9.47 Å². The van der Waals surface area contributed by atoms with Gasteiger partial charge in [-0.2, -0.15) is 0 Å². The highest BCUT2D eigenvalue weighted by molar-refractivity contribution is 9.11. The normalized spacial score (nSPS) is 12.9. The van der Waals surface area contributed by atoms with Crippen molar-refractivity contribution in [1.29, 1.82) is 0 Å². The van der Waals surface area contributed by atoms with E-state index in [1.54, 1.807) is 11.3 Å². The maximum Gasteiger partial charge on any atom is 0.231 e. The first-order valence-electron chi connectivity index (χ1n) is 6.25. The molecule has 0 spiro atoms. The molecule has 6 heteroatoms. The lowest BCUT2D eigenvalue weighted by Crippen LogP contribution is -2.16. The molecule has 0 saturated heterocycles. The van der Waals surface area contributed by atoms with Gasteiger partial charge in [0, 0.05) is 18.0 Å². The van der Waals surface area contributed by atoms with Crippen LogP contribution in [-0.4, -0.2) is 13.3 Å². The number of hydrogen-bond acceptors (Lipinski definition) is 4. The third kappa shape index (κ3) is 3.28. The molecule has 106 valence electrons. The molecule has 0 atom stereocenters. The number of hydrogen-bond donors (Lipinski definition) is 1. The fourth-order valence-corrected chi connectivity index (χ4v) is 3.82. The molecule has 1 aliphatic rings. The van der Waals surface area contributed by atoms with Crippen LogP contribution in [0.25, 0.3) is 0 Å². The molecule has 0 unspecified atom stereocenters. The molecule has 0 aliphatic carbocycles. The summed E-state index contributed by atoms with van der Waals surface area (Å²) in [5.74, 6) is 1.38. The second-order valence-corrected chi connectivity index (χ2v) is 7.40. The van der Waals surface area contributed by atoms with Gasteiger partial charge in [0.05, 0.1) is 8.81 Å². The highest BCUT2D eigenvalue weighted by atomic mass is 79.9. The summed E-state index contributed by atoms with van der Waals surface area (Å²) in [4.78, 5) is 1.37. The fourth-order valence-electron chi connectivity index (χ4n) is 2.05. The van der Waals surface area contributed by atoms with Crippen LogP contribution in [0.4, 0.5) is 0 Å². The van der Waals surface area contributed by atoms with E-state index in [1.807, 2.05) is 12.1 Å². The van der Waals surface area contributed by atoms with Crippen LogP contribution in [0.1, 0.15) is 10.4 Å². The Balaban J connectivity index is 1.52. The van der Waals surface area contributed by atoms with Crippen molar-refractivity contribution in [2.45, 2.75) is 13.0 Å². The van der Waals surface area contributed by atoms with Crippen molar-refractivity contribution in [3.8, 4) is 11.5 Å². The first-order valence-corrected chi connectivity index (χ1v) is 8.24. The molecule has 3 nitrogen and oxygen atoms in total. The van der Waals surface area contributed by atoms with Crippen LogP contribution in [-0.2, 0) is 13.0 Å². The second-order valence-electron chi connectivity index (χ2n) is 4.44. The average molecular weight is 375 g/mol. The Kier molecular flexibility index (Phi) is 4.51. The second kappa shape index (κ2) is 6.35. The average Bonchev–Trinajstić information content (AvgIpc) is 3.04. The smallest absolute Gasteiger partial charge is 0.231 e. The van der Waals surface area contributed by atoms with E-state index in [9.17, 15) is 0 Å². The highest BCUT2D eigenvalue weighted by Gasteiger charge is 2.17. The Morgan fingerprint density at radius 3 is 3.00 bits per heavy atom. The monoisotopic (exact) mass is 373 g/mol. The van der Waals surface area contributed by atoms with Crippen LogP contribution < -0.4 is 14.8 Å². The van der Waals surface area contributed by atoms with Crippen LogP contribution in [0, 0.1) is 0 Å². The van der Waals surface area contributed by atoms with E-state index in [-0.39, 0.29) is 6.79 Å². The van der Waals surface area contributed by atoms with Crippen LogP contribution in [0.2, 0.25) is 5.02 Å². The van der Waals surface area contributed by atoms with Gasteiger partial charge in [-0.1, -0.05) is 11.6 Å². The summed E-state index contributed by atoms with van der Waals surface area (Å²) in [6.45, 7) is 1.95.